The number of sulfonamides is 1. The van der Waals surface area contributed by atoms with E-state index in [1.807, 2.05) is 12.1 Å². The fraction of sp³-hybridized carbons (Fsp3) is 0.235. The summed E-state index contributed by atoms with van der Waals surface area (Å²) in [6.07, 6.45) is 1.39. The second kappa shape index (κ2) is 8.37. The van der Waals surface area contributed by atoms with Gasteiger partial charge in [-0.1, -0.05) is 24.6 Å². The lowest BCUT2D eigenvalue weighted by Gasteiger charge is -2.30. The Kier molecular flexibility index (Phi) is 6.70. The molecule has 25 heavy (non-hydrogen) atoms. The van der Waals surface area contributed by atoms with Crippen molar-refractivity contribution in [3.63, 3.8) is 0 Å². The van der Waals surface area contributed by atoms with Crippen molar-refractivity contribution in [1.82, 2.24) is 0 Å². The number of carbonyl (C=O) groups excluding carboxylic acids is 1. The van der Waals surface area contributed by atoms with Gasteiger partial charge in [0.1, 0.15) is 6.04 Å². The van der Waals surface area contributed by atoms with Gasteiger partial charge in [0.05, 0.1) is 11.9 Å². The molecule has 0 radical (unpaired) electrons. The Hall–Kier alpha value is -1.32. The zero-order chi connectivity index (χ0) is 18.6. The molecular weight excluding hydrogens is 475 g/mol. The Bertz CT molecular complexity index is 856. The van der Waals surface area contributed by atoms with Gasteiger partial charge in [0.2, 0.25) is 15.9 Å². The molecule has 5 nitrogen and oxygen atoms in total. The van der Waals surface area contributed by atoms with Crippen molar-refractivity contribution in [2.75, 3.05) is 15.9 Å². The van der Waals surface area contributed by atoms with Gasteiger partial charge in [-0.3, -0.25) is 9.10 Å². The molecule has 0 aliphatic rings. The average molecular weight is 493 g/mol. The molecule has 2 rings (SSSR count). The van der Waals surface area contributed by atoms with Crippen molar-refractivity contribution in [2.24, 2.45) is 0 Å². The van der Waals surface area contributed by atoms with Gasteiger partial charge in [0.25, 0.3) is 0 Å². The number of carbonyl (C=O) groups is 1. The minimum Gasteiger partial charge on any atom is -0.324 e. The highest BCUT2D eigenvalue weighted by molar-refractivity contribution is 14.1. The van der Waals surface area contributed by atoms with E-state index in [-0.39, 0.29) is 0 Å². The highest BCUT2D eigenvalue weighted by atomic mass is 127. The first-order valence-corrected chi connectivity index (χ1v) is 10.8. The Morgan fingerprint density at radius 3 is 2.40 bits per heavy atom. The van der Waals surface area contributed by atoms with Crippen molar-refractivity contribution < 1.29 is 13.2 Å². The van der Waals surface area contributed by atoms with Crippen LogP contribution in [0.5, 0.6) is 0 Å². The molecule has 1 amide bonds. The number of nitrogens with zero attached hydrogens (tertiary/aromatic N) is 1. The molecule has 2 aromatic carbocycles. The van der Waals surface area contributed by atoms with Crippen LogP contribution in [0.2, 0.25) is 5.02 Å². The van der Waals surface area contributed by atoms with E-state index >= 15 is 0 Å². The molecule has 0 spiro atoms. The van der Waals surface area contributed by atoms with Crippen LogP contribution in [0.3, 0.4) is 0 Å². The summed E-state index contributed by atoms with van der Waals surface area (Å²) < 4.78 is 26.8. The maximum absolute atomic E-state index is 12.7. The number of hydrogen-bond donors (Lipinski definition) is 1. The summed E-state index contributed by atoms with van der Waals surface area (Å²) in [6.45, 7) is 1.76. The second-order valence-electron chi connectivity index (χ2n) is 5.46. The molecule has 1 atom stereocenters. The standard InChI is InChI=1S/C17H18ClIN2O3S/c1-3-16(17(22)20-14-9-7-13(19)8-10-14)21(25(2,23)24)15-6-4-5-12(18)11-15/h4-11,16H,3H2,1-2H3,(H,20,22)/t16-/m0/s1. The summed E-state index contributed by atoms with van der Waals surface area (Å²) in [7, 11) is -3.68. The fourth-order valence-corrected chi connectivity index (χ4v) is 4.18. The van der Waals surface area contributed by atoms with Crippen LogP contribution in [0.15, 0.2) is 48.5 Å². The number of nitrogens with one attached hydrogen (secondary N) is 1. The van der Waals surface area contributed by atoms with Gasteiger partial charge in [-0.2, -0.15) is 0 Å². The molecule has 0 heterocycles. The van der Waals surface area contributed by atoms with E-state index in [9.17, 15) is 13.2 Å². The number of anilines is 2. The highest BCUT2D eigenvalue weighted by Gasteiger charge is 2.31. The lowest BCUT2D eigenvalue weighted by molar-refractivity contribution is -0.117. The van der Waals surface area contributed by atoms with E-state index in [2.05, 4.69) is 27.9 Å². The molecule has 0 aromatic heterocycles. The SMILES string of the molecule is CC[C@@H](C(=O)Nc1ccc(I)cc1)N(c1cccc(Cl)c1)S(C)(=O)=O. The van der Waals surface area contributed by atoms with Gasteiger partial charge >= 0.3 is 0 Å². The van der Waals surface area contributed by atoms with E-state index in [0.29, 0.717) is 22.8 Å². The highest BCUT2D eigenvalue weighted by Crippen LogP contribution is 2.26. The largest absolute Gasteiger partial charge is 0.324 e. The van der Waals surface area contributed by atoms with Crippen molar-refractivity contribution in [3.05, 3.63) is 57.1 Å². The van der Waals surface area contributed by atoms with Crippen LogP contribution >= 0.6 is 34.2 Å². The predicted octanol–water partition coefficient (Wildman–Crippen LogP) is 4.13. The van der Waals surface area contributed by atoms with Crippen molar-refractivity contribution in [3.8, 4) is 0 Å². The van der Waals surface area contributed by atoms with E-state index in [1.165, 1.54) is 6.07 Å². The van der Waals surface area contributed by atoms with E-state index in [1.54, 1.807) is 37.3 Å². The molecule has 1 N–H and O–H groups in total. The first-order valence-electron chi connectivity index (χ1n) is 7.53. The number of amides is 1. The van der Waals surface area contributed by atoms with E-state index in [0.717, 1.165) is 14.1 Å². The van der Waals surface area contributed by atoms with Crippen molar-refractivity contribution in [2.45, 2.75) is 19.4 Å². The van der Waals surface area contributed by atoms with E-state index in [4.69, 9.17) is 11.6 Å². The molecule has 8 heteroatoms. The minimum absolute atomic E-state index is 0.315. The topological polar surface area (TPSA) is 66.5 Å². The monoisotopic (exact) mass is 492 g/mol. The third kappa shape index (κ3) is 5.32. The summed E-state index contributed by atoms with van der Waals surface area (Å²) in [5.74, 6) is -0.394. The Labute approximate surface area is 166 Å². The average Bonchev–Trinajstić information content (AvgIpc) is 2.53. The second-order valence-corrected chi connectivity index (χ2v) is 9.00. The van der Waals surface area contributed by atoms with Crippen LogP contribution in [-0.2, 0) is 14.8 Å². The third-order valence-corrected chi connectivity index (χ3v) is 5.64. The number of rotatable bonds is 6. The van der Waals surface area contributed by atoms with Gasteiger partial charge in [0, 0.05) is 14.3 Å². The molecule has 0 saturated heterocycles. The van der Waals surface area contributed by atoms with Crippen LogP contribution in [0.4, 0.5) is 11.4 Å². The Morgan fingerprint density at radius 1 is 1.24 bits per heavy atom. The van der Waals surface area contributed by atoms with Gasteiger partial charge < -0.3 is 5.32 Å². The van der Waals surface area contributed by atoms with Crippen molar-refractivity contribution >= 4 is 61.5 Å². The predicted molar refractivity (Wildman–Crippen MR) is 111 cm³/mol. The Morgan fingerprint density at radius 2 is 1.88 bits per heavy atom. The first-order chi connectivity index (χ1) is 11.7. The molecule has 0 aliphatic heterocycles. The lowest BCUT2D eigenvalue weighted by Crippen LogP contribution is -2.47. The Balaban J connectivity index is 2.36. The summed E-state index contributed by atoms with van der Waals surface area (Å²) in [5.41, 5.74) is 0.975. The number of hydrogen-bond acceptors (Lipinski definition) is 3. The maximum Gasteiger partial charge on any atom is 0.248 e. The summed E-state index contributed by atoms with van der Waals surface area (Å²) in [5, 5.41) is 3.18. The van der Waals surface area contributed by atoms with Crippen LogP contribution in [-0.4, -0.2) is 26.6 Å². The smallest absolute Gasteiger partial charge is 0.248 e. The van der Waals surface area contributed by atoms with Gasteiger partial charge in [-0.25, -0.2) is 8.42 Å². The zero-order valence-electron chi connectivity index (χ0n) is 13.7. The third-order valence-electron chi connectivity index (χ3n) is 3.50. The maximum atomic E-state index is 12.7. The molecule has 0 unspecified atom stereocenters. The van der Waals surface area contributed by atoms with Crippen LogP contribution < -0.4 is 9.62 Å². The first kappa shape index (κ1) is 20.0. The molecule has 2 aromatic rings. The number of benzene rings is 2. The van der Waals surface area contributed by atoms with Crippen LogP contribution in [0.1, 0.15) is 13.3 Å². The summed E-state index contributed by atoms with van der Waals surface area (Å²) in [6, 6.07) is 12.8. The normalized spacial score (nSPS) is 12.5. The van der Waals surface area contributed by atoms with Crippen LogP contribution in [0, 0.1) is 3.57 Å². The molecule has 0 bridgehead atoms. The minimum atomic E-state index is -3.68. The molecule has 0 saturated carbocycles. The summed E-state index contributed by atoms with van der Waals surface area (Å²) >= 11 is 8.16. The fourth-order valence-electron chi connectivity index (χ4n) is 2.43. The van der Waals surface area contributed by atoms with Gasteiger partial charge in [0.15, 0.2) is 0 Å². The van der Waals surface area contributed by atoms with E-state index < -0.39 is 22.0 Å². The van der Waals surface area contributed by atoms with Crippen LogP contribution in [0.25, 0.3) is 0 Å². The molecular formula is C17H18ClIN2O3S. The molecule has 0 aliphatic carbocycles. The molecule has 0 fully saturated rings. The quantitative estimate of drug-likeness (QED) is 0.617. The molecule has 134 valence electrons. The van der Waals surface area contributed by atoms with Crippen molar-refractivity contribution in [1.29, 1.82) is 0 Å². The lowest BCUT2D eigenvalue weighted by atomic mass is 10.2. The van der Waals surface area contributed by atoms with Gasteiger partial charge in [-0.05, 0) is 71.5 Å². The van der Waals surface area contributed by atoms with Gasteiger partial charge in [-0.15, -0.1) is 0 Å². The zero-order valence-corrected chi connectivity index (χ0v) is 17.5. The number of halogens is 2. The summed E-state index contributed by atoms with van der Waals surface area (Å²) in [4.78, 5) is 12.7.